The van der Waals surface area contributed by atoms with Gasteiger partial charge in [-0.1, -0.05) is 36.4 Å². The van der Waals surface area contributed by atoms with Crippen LogP contribution in [-0.2, 0) is 9.59 Å². The number of nitrogens with zero attached hydrogens (tertiary/aromatic N) is 3. The van der Waals surface area contributed by atoms with Gasteiger partial charge in [0.1, 0.15) is 11.4 Å². The van der Waals surface area contributed by atoms with E-state index in [0.29, 0.717) is 16.9 Å². The molecule has 1 saturated heterocycles. The van der Waals surface area contributed by atoms with E-state index < -0.39 is 17.8 Å². The van der Waals surface area contributed by atoms with Gasteiger partial charge in [-0.3, -0.25) is 9.59 Å². The van der Waals surface area contributed by atoms with Crippen LogP contribution in [0, 0.1) is 19.7 Å². The molecule has 0 radical (unpaired) electrons. The SMILES string of the molecule is Cc1cc(C=C2C(=O)N(c3ccccc3)C(=O)N(c3ccccc3)C2=O)c(C)n1-c1ccc(F)cc1. The molecule has 1 aliphatic heterocycles. The Morgan fingerprint density at radius 1 is 0.667 bits per heavy atom. The number of aromatic nitrogens is 1. The lowest BCUT2D eigenvalue weighted by Crippen LogP contribution is -2.57. The Kier molecular flexibility index (Phi) is 5.82. The van der Waals surface area contributed by atoms with Gasteiger partial charge < -0.3 is 4.57 Å². The van der Waals surface area contributed by atoms with Gasteiger partial charge in [0.25, 0.3) is 11.8 Å². The summed E-state index contributed by atoms with van der Waals surface area (Å²) >= 11 is 0. The minimum absolute atomic E-state index is 0.137. The summed E-state index contributed by atoms with van der Waals surface area (Å²) in [6, 6.07) is 24.2. The van der Waals surface area contributed by atoms with Crippen LogP contribution in [0.2, 0.25) is 0 Å². The number of amides is 4. The number of carbonyl (C=O) groups is 3. The standard InChI is InChI=1S/C29H22FN3O3/c1-19-17-21(20(2)31(19)25-15-13-22(30)14-16-25)18-26-27(34)32(23-9-5-3-6-10-23)29(36)33(28(26)35)24-11-7-4-8-12-24/h3-18H,1-2H3. The van der Waals surface area contributed by atoms with E-state index in [1.54, 1.807) is 72.8 Å². The lowest BCUT2D eigenvalue weighted by Gasteiger charge is -2.33. The normalized spacial score (nSPS) is 14.0. The molecule has 1 aliphatic rings. The predicted octanol–water partition coefficient (Wildman–Crippen LogP) is 5.82. The Labute approximate surface area is 207 Å². The zero-order chi connectivity index (χ0) is 25.4. The smallest absolute Gasteiger partial charge is 0.318 e. The first-order chi connectivity index (χ1) is 17.4. The lowest BCUT2D eigenvalue weighted by molar-refractivity contribution is -0.121. The van der Waals surface area contributed by atoms with E-state index in [4.69, 9.17) is 0 Å². The van der Waals surface area contributed by atoms with Crippen LogP contribution >= 0.6 is 0 Å². The second-order valence-corrected chi connectivity index (χ2v) is 8.43. The quantitative estimate of drug-likeness (QED) is 0.274. The first-order valence-electron chi connectivity index (χ1n) is 11.4. The van der Waals surface area contributed by atoms with Gasteiger partial charge in [0.05, 0.1) is 11.4 Å². The fourth-order valence-corrected chi connectivity index (χ4v) is 4.42. The number of anilines is 2. The highest BCUT2D eigenvalue weighted by atomic mass is 19.1. The molecule has 0 spiro atoms. The maximum atomic E-state index is 13.6. The topological polar surface area (TPSA) is 62.6 Å². The van der Waals surface area contributed by atoms with Gasteiger partial charge in [0.2, 0.25) is 0 Å². The number of imide groups is 2. The van der Waals surface area contributed by atoms with Crippen molar-refractivity contribution < 1.29 is 18.8 Å². The molecule has 0 aliphatic carbocycles. The van der Waals surface area contributed by atoms with Crippen molar-refractivity contribution in [1.82, 2.24) is 4.57 Å². The first-order valence-corrected chi connectivity index (χ1v) is 11.4. The van der Waals surface area contributed by atoms with Crippen LogP contribution in [0.25, 0.3) is 11.8 Å². The average molecular weight is 480 g/mol. The Balaban J connectivity index is 1.65. The molecule has 0 saturated carbocycles. The van der Waals surface area contributed by atoms with Crippen LogP contribution in [0.4, 0.5) is 20.6 Å². The van der Waals surface area contributed by atoms with Crippen molar-refractivity contribution in [2.75, 3.05) is 9.80 Å². The van der Waals surface area contributed by atoms with Gasteiger partial charge in [0, 0.05) is 17.1 Å². The highest BCUT2D eigenvalue weighted by molar-refractivity contribution is 6.46. The molecule has 36 heavy (non-hydrogen) atoms. The molecule has 4 aromatic rings. The molecule has 3 aromatic carbocycles. The molecule has 0 bridgehead atoms. The van der Waals surface area contributed by atoms with Crippen molar-refractivity contribution in [3.8, 4) is 5.69 Å². The third-order valence-electron chi connectivity index (χ3n) is 6.13. The molecule has 2 heterocycles. The van der Waals surface area contributed by atoms with Gasteiger partial charge in [-0.25, -0.2) is 19.0 Å². The Bertz CT molecular complexity index is 1440. The number of carbonyl (C=O) groups excluding carboxylic acids is 3. The van der Waals surface area contributed by atoms with Crippen LogP contribution in [0.5, 0.6) is 0 Å². The minimum Gasteiger partial charge on any atom is -0.318 e. The monoisotopic (exact) mass is 479 g/mol. The minimum atomic E-state index is -0.740. The van der Waals surface area contributed by atoms with Crippen molar-refractivity contribution >= 4 is 35.3 Å². The summed E-state index contributed by atoms with van der Waals surface area (Å²) < 4.78 is 15.4. The zero-order valence-corrected chi connectivity index (χ0v) is 19.7. The summed E-state index contributed by atoms with van der Waals surface area (Å²) in [4.78, 5) is 42.6. The van der Waals surface area contributed by atoms with Crippen molar-refractivity contribution in [3.63, 3.8) is 0 Å². The van der Waals surface area contributed by atoms with E-state index in [0.717, 1.165) is 26.9 Å². The van der Waals surface area contributed by atoms with Crippen molar-refractivity contribution in [3.05, 3.63) is 119 Å². The highest BCUT2D eigenvalue weighted by Gasteiger charge is 2.43. The Hall–Kier alpha value is -4.78. The van der Waals surface area contributed by atoms with E-state index in [1.807, 2.05) is 24.5 Å². The van der Waals surface area contributed by atoms with Gasteiger partial charge in [-0.05, 0) is 80.1 Å². The maximum Gasteiger partial charge on any atom is 0.343 e. The predicted molar refractivity (Wildman–Crippen MR) is 136 cm³/mol. The number of halogens is 1. The second kappa shape index (κ2) is 9.11. The van der Waals surface area contributed by atoms with E-state index in [1.165, 1.54) is 18.2 Å². The Morgan fingerprint density at radius 2 is 1.17 bits per heavy atom. The first kappa shape index (κ1) is 23.0. The van der Waals surface area contributed by atoms with Crippen molar-refractivity contribution in [2.45, 2.75) is 13.8 Å². The molecule has 0 unspecified atom stereocenters. The van der Waals surface area contributed by atoms with E-state index in [-0.39, 0.29) is 11.4 Å². The van der Waals surface area contributed by atoms with Gasteiger partial charge in [-0.15, -0.1) is 0 Å². The fourth-order valence-electron chi connectivity index (χ4n) is 4.42. The molecule has 1 aromatic heterocycles. The Morgan fingerprint density at radius 3 is 1.67 bits per heavy atom. The summed E-state index contributed by atoms with van der Waals surface area (Å²) in [7, 11) is 0. The lowest BCUT2D eigenvalue weighted by atomic mass is 10.0. The molecule has 0 N–H and O–H groups in total. The summed E-state index contributed by atoms with van der Waals surface area (Å²) in [5.74, 6) is -1.74. The highest BCUT2D eigenvalue weighted by Crippen LogP contribution is 2.31. The molecular weight excluding hydrogens is 457 g/mol. The van der Waals surface area contributed by atoms with Crippen LogP contribution in [0.1, 0.15) is 17.0 Å². The largest absolute Gasteiger partial charge is 0.343 e. The van der Waals surface area contributed by atoms with Crippen molar-refractivity contribution in [1.29, 1.82) is 0 Å². The summed E-state index contributed by atoms with van der Waals surface area (Å²) in [6.45, 7) is 3.74. The molecule has 0 atom stereocenters. The van der Waals surface area contributed by atoms with Gasteiger partial charge >= 0.3 is 6.03 Å². The summed E-state index contributed by atoms with van der Waals surface area (Å²) in [5.41, 5.74) is 3.60. The zero-order valence-electron chi connectivity index (χ0n) is 19.7. The molecule has 5 rings (SSSR count). The number of benzene rings is 3. The van der Waals surface area contributed by atoms with Gasteiger partial charge in [0.15, 0.2) is 0 Å². The number of hydrogen-bond donors (Lipinski definition) is 0. The van der Waals surface area contributed by atoms with E-state index >= 15 is 0 Å². The summed E-state index contributed by atoms with van der Waals surface area (Å²) in [5, 5.41) is 0. The number of hydrogen-bond acceptors (Lipinski definition) is 3. The van der Waals surface area contributed by atoms with Crippen LogP contribution in [0.3, 0.4) is 0 Å². The fraction of sp³-hybridized carbons (Fsp3) is 0.0690. The number of rotatable bonds is 4. The molecule has 1 fully saturated rings. The summed E-state index contributed by atoms with van der Waals surface area (Å²) in [6.07, 6.45) is 1.52. The molecule has 178 valence electrons. The number of para-hydroxylation sites is 2. The third kappa shape index (κ3) is 3.90. The second-order valence-electron chi connectivity index (χ2n) is 8.43. The molecule has 7 heteroatoms. The van der Waals surface area contributed by atoms with E-state index in [2.05, 4.69) is 0 Å². The van der Waals surface area contributed by atoms with Crippen LogP contribution in [-0.4, -0.2) is 22.4 Å². The molecule has 6 nitrogen and oxygen atoms in total. The average Bonchev–Trinajstić information content (AvgIpc) is 3.16. The molecular formula is C29H22FN3O3. The number of aryl methyl sites for hydroxylation is 1. The molecule has 4 amide bonds. The number of urea groups is 1. The number of barbiturate groups is 1. The van der Waals surface area contributed by atoms with Crippen LogP contribution in [0.15, 0.2) is 96.6 Å². The van der Waals surface area contributed by atoms with Gasteiger partial charge in [-0.2, -0.15) is 0 Å². The van der Waals surface area contributed by atoms with Crippen LogP contribution < -0.4 is 9.80 Å². The third-order valence-corrected chi connectivity index (χ3v) is 6.13. The maximum absolute atomic E-state index is 13.6. The van der Waals surface area contributed by atoms with Crippen molar-refractivity contribution in [2.24, 2.45) is 0 Å². The van der Waals surface area contributed by atoms with E-state index in [9.17, 15) is 18.8 Å².